The zero-order valence-corrected chi connectivity index (χ0v) is 10.6. The summed E-state index contributed by atoms with van der Waals surface area (Å²) in [6.45, 7) is 1.67. The topological polar surface area (TPSA) is 117 Å². The van der Waals surface area contributed by atoms with Gasteiger partial charge in [-0.15, -0.1) is 0 Å². The van der Waals surface area contributed by atoms with Gasteiger partial charge >= 0.3 is 11.9 Å². The molecule has 0 saturated carbocycles. The molecule has 110 valence electrons. The van der Waals surface area contributed by atoms with E-state index in [1.54, 1.807) is 6.92 Å². The van der Waals surface area contributed by atoms with Crippen LogP contribution in [-0.2, 0) is 9.53 Å². The second-order valence-electron chi connectivity index (χ2n) is 3.88. The molecule has 0 aliphatic heterocycles. The predicted octanol–water partition coefficient (Wildman–Crippen LogP) is 0.266. The average Bonchev–Trinajstić information content (AvgIpc) is 2.38. The third-order valence-electron chi connectivity index (χ3n) is 2.47. The van der Waals surface area contributed by atoms with E-state index in [0.717, 1.165) is 12.3 Å². The highest BCUT2D eigenvalue weighted by Crippen LogP contribution is 2.22. The van der Waals surface area contributed by atoms with Gasteiger partial charge in [0, 0.05) is 6.20 Å². The van der Waals surface area contributed by atoms with E-state index in [9.17, 15) is 24.2 Å². The molecule has 1 heterocycles. The van der Waals surface area contributed by atoms with Gasteiger partial charge in [0.2, 0.25) is 0 Å². The molecule has 8 heteroatoms. The van der Waals surface area contributed by atoms with Crippen LogP contribution in [0.15, 0.2) is 12.3 Å². The van der Waals surface area contributed by atoms with Crippen LogP contribution in [0.1, 0.15) is 35.5 Å². The van der Waals surface area contributed by atoms with Gasteiger partial charge < -0.3 is 20.1 Å². The molecule has 0 radical (unpaired) electrons. The van der Waals surface area contributed by atoms with Crippen molar-refractivity contribution in [2.75, 3.05) is 6.61 Å². The molecule has 2 atom stereocenters. The maximum absolute atomic E-state index is 13.8. The van der Waals surface area contributed by atoms with Crippen molar-refractivity contribution >= 4 is 11.9 Å². The van der Waals surface area contributed by atoms with Gasteiger partial charge in [-0.25, -0.2) is 9.18 Å². The molecule has 0 saturated heterocycles. The Bertz CT molecular complexity index is 507. The molecule has 7 nitrogen and oxygen atoms in total. The number of ether oxygens (including phenoxy) is 1. The summed E-state index contributed by atoms with van der Waals surface area (Å²) in [5, 5.41) is 28.1. The lowest BCUT2D eigenvalue weighted by Crippen LogP contribution is -2.25. The second kappa shape index (κ2) is 6.92. The molecule has 0 fully saturated rings. The SMILES string of the molecule is CCOC(=O)CC(O)C(O)c1nccc(C(=O)O)c1F. The minimum absolute atomic E-state index is 0.1000. The van der Waals surface area contributed by atoms with Crippen molar-refractivity contribution in [1.29, 1.82) is 0 Å². The van der Waals surface area contributed by atoms with Gasteiger partial charge in [0.1, 0.15) is 11.8 Å². The van der Waals surface area contributed by atoms with Crippen molar-refractivity contribution in [3.8, 4) is 0 Å². The van der Waals surface area contributed by atoms with E-state index in [1.165, 1.54) is 0 Å². The summed E-state index contributed by atoms with van der Waals surface area (Å²) in [6.07, 6.45) is -3.06. The van der Waals surface area contributed by atoms with Crippen molar-refractivity contribution in [1.82, 2.24) is 4.98 Å². The zero-order valence-electron chi connectivity index (χ0n) is 10.6. The fraction of sp³-hybridized carbons (Fsp3) is 0.417. The van der Waals surface area contributed by atoms with Gasteiger partial charge in [-0.3, -0.25) is 9.78 Å². The van der Waals surface area contributed by atoms with Crippen molar-refractivity contribution in [3.63, 3.8) is 0 Å². The first-order valence-electron chi connectivity index (χ1n) is 5.77. The molecule has 2 unspecified atom stereocenters. The molecule has 3 N–H and O–H groups in total. The summed E-state index contributed by atoms with van der Waals surface area (Å²) >= 11 is 0. The minimum atomic E-state index is -1.83. The first-order valence-corrected chi connectivity index (χ1v) is 5.77. The first kappa shape index (κ1) is 16.0. The summed E-state index contributed by atoms with van der Waals surface area (Å²) in [7, 11) is 0. The number of rotatable bonds is 6. The number of aliphatic hydroxyl groups is 2. The molecule has 0 aliphatic carbocycles. The van der Waals surface area contributed by atoms with Gasteiger partial charge in [-0.1, -0.05) is 0 Å². The number of aromatic carboxylic acids is 1. The molecule has 20 heavy (non-hydrogen) atoms. The fourth-order valence-electron chi connectivity index (χ4n) is 1.52. The van der Waals surface area contributed by atoms with Gasteiger partial charge in [0.15, 0.2) is 5.82 Å². The van der Waals surface area contributed by atoms with Crippen LogP contribution in [0.3, 0.4) is 0 Å². The van der Waals surface area contributed by atoms with Crippen molar-refractivity contribution in [2.24, 2.45) is 0 Å². The highest BCUT2D eigenvalue weighted by atomic mass is 19.1. The highest BCUT2D eigenvalue weighted by Gasteiger charge is 2.28. The number of carboxylic acids is 1. The van der Waals surface area contributed by atoms with E-state index >= 15 is 0 Å². The Balaban J connectivity index is 2.91. The number of pyridine rings is 1. The number of hydrogen-bond donors (Lipinski definition) is 3. The molecular weight excluding hydrogens is 273 g/mol. The third kappa shape index (κ3) is 3.72. The largest absolute Gasteiger partial charge is 0.478 e. The lowest BCUT2D eigenvalue weighted by molar-refractivity contribution is -0.147. The lowest BCUT2D eigenvalue weighted by Gasteiger charge is -2.17. The number of esters is 1. The highest BCUT2D eigenvalue weighted by molar-refractivity contribution is 5.87. The van der Waals surface area contributed by atoms with Gasteiger partial charge in [0.05, 0.1) is 24.7 Å². The molecule has 0 bridgehead atoms. The molecule has 0 spiro atoms. The van der Waals surface area contributed by atoms with Crippen LogP contribution in [0.25, 0.3) is 0 Å². The van der Waals surface area contributed by atoms with Crippen LogP contribution >= 0.6 is 0 Å². The van der Waals surface area contributed by atoms with Crippen molar-refractivity contribution in [2.45, 2.75) is 25.6 Å². The zero-order chi connectivity index (χ0) is 15.3. The Morgan fingerprint density at radius 3 is 2.65 bits per heavy atom. The maximum Gasteiger partial charge on any atom is 0.338 e. The van der Waals surface area contributed by atoms with E-state index in [2.05, 4.69) is 9.72 Å². The maximum atomic E-state index is 13.8. The van der Waals surface area contributed by atoms with E-state index in [0.29, 0.717) is 0 Å². The normalized spacial score (nSPS) is 13.6. The Labute approximate surface area is 113 Å². The fourth-order valence-corrected chi connectivity index (χ4v) is 1.52. The van der Waals surface area contributed by atoms with E-state index in [1.807, 2.05) is 0 Å². The molecule has 0 aliphatic rings. The number of carboxylic acid groups (broad SMARTS) is 1. The van der Waals surface area contributed by atoms with E-state index < -0.39 is 47.6 Å². The smallest absolute Gasteiger partial charge is 0.338 e. The average molecular weight is 287 g/mol. The number of carbonyl (C=O) groups excluding carboxylic acids is 1. The van der Waals surface area contributed by atoms with Crippen LogP contribution in [0.4, 0.5) is 4.39 Å². The molecule has 0 amide bonds. The van der Waals surface area contributed by atoms with Crippen LogP contribution in [0.5, 0.6) is 0 Å². The van der Waals surface area contributed by atoms with Crippen LogP contribution in [-0.4, -0.2) is 45.0 Å². The first-order chi connectivity index (χ1) is 9.38. The number of aliphatic hydroxyl groups excluding tert-OH is 2. The standard InChI is InChI=1S/C12H14FNO6/c1-2-20-8(16)5-7(15)11(17)10-9(13)6(12(18)19)3-4-14-10/h3-4,7,11,15,17H,2,5H2,1H3,(H,18,19). The lowest BCUT2D eigenvalue weighted by atomic mass is 10.0. The van der Waals surface area contributed by atoms with E-state index in [4.69, 9.17) is 5.11 Å². The number of halogens is 1. The Morgan fingerprint density at radius 1 is 1.45 bits per heavy atom. The quantitative estimate of drug-likeness (QED) is 0.643. The summed E-state index contributed by atoms with van der Waals surface area (Å²) in [6, 6.07) is 0.922. The van der Waals surface area contributed by atoms with Gasteiger partial charge in [-0.2, -0.15) is 0 Å². The Morgan fingerprint density at radius 2 is 2.10 bits per heavy atom. The monoisotopic (exact) mass is 287 g/mol. The summed E-state index contributed by atoms with van der Waals surface area (Å²) in [5.74, 6) is -3.55. The van der Waals surface area contributed by atoms with Crippen LogP contribution < -0.4 is 0 Å². The molecule has 1 rings (SSSR count). The van der Waals surface area contributed by atoms with E-state index in [-0.39, 0.29) is 6.61 Å². The number of hydrogen-bond acceptors (Lipinski definition) is 6. The van der Waals surface area contributed by atoms with Crippen LogP contribution in [0, 0.1) is 5.82 Å². The summed E-state index contributed by atoms with van der Waals surface area (Å²) in [4.78, 5) is 25.4. The van der Waals surface area contributed by atoms with Gasteiger partial charge in [0.25, 0.3) is 0 Å². The number of aromatic nitrogens is 1. The van der Waals surface area contributed by atoms with Gasteiger partial charge in [-0.05, 0) is 13.0 Å². The molecule has 0 aromatic carbocycles. The number of carbonyl (C=O) groups is 2. The second-order valence-corrected chi connectivity index (χ2v) is 3.88. The van der Waals surface area contributed by atoms with Crippen molar-refractivity contribution < 1.29 is 34.0 Å². The molecule has 1 aromatic rings. The molecule has 1 aromatic heterocycles. The third-order valence-corrected chi connectivity index (χ3v) is 2.47. The Kier molecular flexibility index (Phi) is 5.53. The summed E-state index contributed by atoms with van der Waals surface area (Å²) < 4.78 is 18.4. The Hall–Kier alpha value is -2.06. The number of nitrogens with zero attached hydrogens (tertiary/aromatic N) is 1. The summed E-state index contributed by atoms with van der Waals surface area (Å²) in [5.41, 5.74) is -1.32. The predicted molar refractivity (Wildman–Crippen MR) is 63.4 cm³/mol. The minimum Gasteiger partial charge on any atom is -0.478 e. The van der Waals surface area contributed by atoms with Crippen molar-refractivity contribution in [3.05, 3.63) is 29.3 Å². The molecular formula is C12H14FNO6. The van der Waals surface area contributed by atoms with Crippen LogP contribution in [0.2, 0.25) is 0 Å².